The third-order valence-electron chi connectivity index (χ3n) is 3.94. The summed E-state index contributed by atoms with van der Waals surface area (Å²) < 4.78 is 39.6. The average molecular weight is 356 g/mol. The van der Waals surface area contributed by atoms with Gasteiger partial charge in [-0.1, -0.05) is 6.42 Å². The SMILES string of the molecule is CNC(c1cscc1Br)C1CCCC(C(F)(F)F)C1. The molecule has 0 saturated heterocycles. The van der Waals surface area contributed by atoms with Crippen molar-refractivity contribution < 1.29 is 13.2 Å². The van der Waals surface area contributed by atoms with Crippen LogP contribution in [0.1, 0.15) is 37.3 Å². The lowest BCUT2D eigenvalue weighted by Crippen LogP contribution is -2.34. The van der Waals surface area contributed by atoms with Crippen molar-refractivity contribution >= 4 is 27.3 Å². The van der Waals surface area contributed by atoms with Crippen LogP contribution in [0.25, 0.3) is 0 Å². The third kappa shape index (κ3) is 3.52. The van der Waals surface area contributed by atoms with Gasteiger partial charge in [0.2, 0.25) is 0 Å². The predicted octanol–water partition coefficient (Wildman–Crippen LogP) is 5.14. The van der Waals surface area contributed by atoms with E-state index in [-0.39, 0.29) is 24.8 Å². The van der Waals surface area contributed by atoms with Crippen LogP contribution in [0.2, 0.25) is 0 Å². The molecule has 1 aromatic rings. The molecule has 19 heavy (non-hydrogen) atoms. The van der Waals surface area contributed by atoms with E-state index in [1.54, 1.807) is 11.3 Å². The topological polar surface area (TPSA) is 12.0 Å². The number of halogens is 4. The van der Waals surface area contributed by atoms with Crippen molar-refractivity contribution in [2.45, 2.75) is 37.9 Å². The Morgan fingerprint density at radius 3 is 2.63 bits per heavy atom. The van der Waals surface area contributed by atoms with Gasteiger partial charge >= 0.3 is 6.18 Å². The maximum Gasteiger partial charge on any atom is 0.391 e. The van der Waals surface area contributed by atoms with Gasteiger partial charge in [-0.05, 0) is 59.1 Å². The normalized spacial score (nSPS) is 26.4. The molecule has 1 aliphatic carbocycles. The summed E-state index contributed by atoms with van der Waals surface area (Å²) in [6.07, 6.45) is -2.02. The highest BCUT2D eigenvalue weighted by Crippen LogP contribution is 2.45. The fourth-order valence-corrected chi connectivity index (χ4v) is 4.57. The Balaban J connectivity index is 2.13. The molecule has 1 N–H and O–H groups in total. The van der Waals surface area contributed by atoms with E-state index in [4.69, 9.17) is 0 Å². The van der Waals surface area contributed by atoms with Gasteiger partial charge in [0, 0.05) is 15.9 Å². The molecule has 1 fully saturated rings. The summed E-state index contributed by atoms with van der Waals surface area (Å²) >= 11 is 5.05. The number of nitrogens with one attached hydrogen (secondary N) is 1. The maximum absolute atomic E-state index is 12.9. The smallest absolute Gasteiger partial charge is 0.313 e. The molecule has 108 valence electrons. The molecule has 1 nitrogen and oxygen atoms in total. The number of alkyl halides is 3. The van der Waals surface area contributed by atoms with Crippen molar-refractivity contribution in [1.29, 1.82) is 0 Å². The molecule has 0 amide bonds. The van der Waals surface area contributed by atoms with Crippen molar-refractivity contribution in [3.63, 3.8) is 0 Å². The van der Waals surface area contributed by atoms with E-state index < -0.39 is 12.1 Å². The number of thiophene rings is 1. The van der Waals surface area contributed by atoms with E-state index in [1.165, 1.54) is 0 Å². The first kappa shape index (κ1) is 15.3. The van der Waals surface area contributed by atoms with Crippen LogP contribution in [0.4, 0.5) is 13.2 Å². The molecular formula is C13H17BrF3NS. The van der Waals surface area contributed by atoms with Crippen LogP contribution in [0.3, 0.4) is 0 Å². The maximum atomic E-state index is 12.9. The molecule has 0 bridgehead atoms. The van der Waals surface area contributed by atoms with Crippen molar-refractivity contribution in [3.8, 4) is 0 Å². The van der Waals surface area contributed by atoms with E-state index in [0.29, 0.717) is 6.42 Å². The summed E-state index contributed by atoms with van der Waals surface area (Å²) in [6.45, 7) is 0. The van der Waals surface area contributed by atoms with Gasteiger partial charge < -0.3 is 5.32 Å². The molecule has 0 aromatic carbocycles. The average Bonchev–Trinajstić information content (AvgIpc) is 2.76. The minimum Gasteiger partial charge on any atom is -0.313 e. The van der Waals surface area contributed by atoms with Crippen LogP contribution in [0, 0.1) is 11.8 Å². The predicted molar refractivity (Wildman–Crippen MR) is 75.3 cm³/mol. The molecule has 0 aliphatic heterocycles. The Labute approximate surface area is 123 Å². The third-order valence-corrected chi connectivity index (χ3v) is 5.69. The zero-order valence-corrected chi connectivity index (χ0v) is 13.0. The first-order valence-corrected chi connectivity index (χ1v) is 8.12. The molecule has 0 radical (unpaired) electrons. The highest BCUT2D eigenvalue weighted by Gasteiger charge is 2.43. The van der Waals surface area contributed by atoms with Crippen molar-refractivity contribution in [1.82, 2.24) is 5.32 Å². The Morgan fingerprint density at radius 1 is 1.37 bits per heavy atom. The summed E-state index contributed by atoms with van der Waals surface area (Å²) in [5, 5.41) is 7.19. The standard InChI is InChI=1S/C13H17BrF3NS/c1-18-12(10-6-19-7-11(10)14)8-3-2-4-9(5-8)13(15,16)17/h6-9,12,18H,2-5H2,1H3. The first-order chi connectivity index (χ1) is 8.93. The fourth-order valence-electron chi connectivity index (χ4n) is 2.99. The van der Waals surface area contributed by atoms with Gasteiger partial charge in [-0.15, -0.1) is 0 Å². The Hall–Kier alpha value is -0.0700. The molecule has 1 aromatic heterocycles. The number of rotatable bonds is 3. The van der Waals surface area contributed by atoms with Gasteiger partial charge in [-0.25, -0.2) is 0 Å². The van der Waals surface area contributed by atoms with Crippen LogP contribution >= 0.6 is 27.3 Å². The quantitative estimate of drug-likeness (QED) is 0.791. The lowest BCUT2D eigenvalue weighted by molar-refractivity contribution is -0.186. The molecule has 6 heteroatoms. The van der Waals surface area contributed by atoms with Gasteiger partial charge in [0.25, 0.3) is 0 Å². The molecule has 1 heterocycles. The van der Waals surface area contributed by atoms with Crippen LogP contribution in [0.15, 0.2) is 15.2 Å². The second-order valence-electron chi connectivity index (χ2n) is 5.11. The van der Waals surface area contributed by atoms with Gasteiger partial charge in [0.1, 0.15) is 0 Å². The van der Waals surface area contributed by atoms with Gasteiger partial charge in [-0.2, -0.15) is 24.5 Å². The summed E-state index contributed by atoms with van der Waals surface area (Å²) in [7, 11) is 1.83. The van der Waals surface area contributed by atoms with E-state index in [9.17, 15) is 13.2 Å². The minimum atomic E-state index is -4.05. The van der Waals surface area contributed by atoms with Crippen molar-refractivity contribution in [2.75, 3.05) is 7.05 Å². The van der Waals surface area contributed by atoms with Crippen LogP contribution in [-0.2, 0) is 0 Å². The Morgan fingerprint density at radius 2 is 2.11 bits per heavy atom. The summed E-state index contributed by atoms with van der Waals surface area (Å²) in [5.41, 5.74) is 1.08. The highest BCUT2D eigenvalue weighted by atomic mass is 79.9. The molecular weight excluding hydrogens is 339 g/mol. The van der Waals surface area contributed by atoms with Gasteiger partial charge in [0.15, 0.2) is 0 Å². The van der Waals surface area contributed by atoms with E-state index in [1.807, 2.05) is 17.8 Å². The fraction of sp³-hybridized carbons (Fsp3) is 0.692. The minimum absolute atomic E-state index is 0.00535. The summed E-state index contributed by atoms with van der Waals surface area (Å²) in [5.74, 6) is -1.09. The highest BCUT2D eigenvalue weighted by molar-refractivity contribution is 9.10. The summed E-state index contributed by atoms with van der Waals surface area (Å²) in [6, 6.07) is 0.00535. The van der Waals surface area contributed by atoms with E-state index in [0.717, 1.165) is 16.5 Å². The lowest BCUT2D eigenvalue weighted by Gasteiger charge is -2.35. The monoisotopic (exact) mass is 355 g/mol. The van der Waals surface area contributed by atoms with Gasteiger partial charge in [0.05, 0.1) is 5.92 Å². The number of hydrogen-bond donors (Lipinski definition) is 1. The van der Waals surface area contributed by atoms with E-state index in [2.05, 4.69) is 21.2 Å². The second-order valence-corrected chi connectivity index (χ2v) is 6.70. The van der Waals surface area contributed by atoms with Crippen LogP contribution in [-0.4, -0.2) is 13.2 Å². The largest absolute Gasteiger partial charge is 0.391 e. The van der Waals surface area contributed by atoms with Crippen molar-refractivity contribution in [2.24, 2.45) is 11.8 Å². The second kappa shape index (κ2) is 6.14. The first-order valence-electron chi connectivity index (χ1n) is 6.39. The molecule has 3 unspecified atom stereocenters. The van der Waals surface area contributed by atoms with Gasteiger partial charge in [-0.3, -0.25) is 0 Å². The molecule has 1 saturated carbocycles. The zero-order chi connectivity index (χ0) is 14.0. The summed E-state index contributed by atoms with van der Waals surface area (Å²) in [4.78, 5) is 0. The zero-order valence-electron chi connectivity index (χ0n) is 10.6. The van der Waals surface area contributed by atoms with Crippen LogP contribution in [0.5, 0.6) is 0 Å². The lowest BCUT2D eigenvalue weighted by atomic mass is 9.76. The molecule has 0 spiro atoms. The Bertz CT molecular complexity index is 418. The Kier molecular flexibility index (Phi) is 4.95. The van der Waals surface area contributed by atoms with E-state index >= 15 is 0 Å². The number of hydrogen-bond acceptors (Lipinski definition) is 2. The molecule has 3 atom stereocenters. The van der Waals surface area contributed by atoms with Crippen LogP contribution < -0.4 is 5.32 Å². The molecule has 1 aliphatic rings. The van der Waals surface area contributed by atoms with Crippen molar-refractivity contribution in [3.05, 3.63) is 20.8 Å². The molecule has 2 rings (SSSR count).